The van der Waals surface area contributed by atoms with E-state index in [0.717, 1.165) is 32.4 Å². The van der Waals surface area contributed by atoms with Crippen molar-refractivity contribution in [3.05, 3.63) is 0 Å². The van der Waals surface area contributed by atoms with Crippen molar-refractivity contribution in [3.8, 4) is 6.07 Å². The van der Waals surface area contributed by atoms with E-state index >= 15 is 0 Å². The molecule has 0 rings (SSSR count). The Morgan fingerprint density at radius 2 is 1.81 bits per heavy atom. The second kappa shape index (κ2) is 8.55. The molecule has 0 aromatic heterocycles. The van der Waals surface area contributed by atoms with Crippen LogP contribution in [0.1, 0.15) is 52.9 Å². The summed E-state index contributed by atoms with van der Waals surface area (Å²) in [5, 5.41) is 8.78. The maximum atomic E-state index is 8.78. The first-order chi connectivity index (χ1) is 7.55. The average molecular weight is 225 g/mol. The van der Waals surface area contributed by atoms with Crippen molar-refractivity contribution in [1.29, 1.82) is 5.26 Å². The molecule has 3 nitrogen and oxygen atoms in total. The summed E-state index contributed by atoms with van der Waals surface area (Å²) in [5.41, 5.74) is 5.13. The van der Waals surface area contributed by atoms with Crippen LogP contribution in [0.25, 0.3) is 0 Å². The summed E-state index contributed by atoms with van der Waals surface area (Å²) in [6.07, 6.45) is 5.52. The van der Waals surface area contributed by atoms with E-state index in [1.807, 2.05) is 6.92 Å². The third kappa shape index (κ3) is 7.67. The summed E-state index contributed by atoms with van der Waals surface area (Å²) in [7, 11) is 0. The highest BCUT2D eigenvalue weighted by atomic mass is 15.1. The molecule has 0 aromatic carbocycles. The summed E-state index contributed by atoms with van der Waals surface area (Å²) in [5.74, 6) is 0. The van der Waals surface area contributed by atoms with Gasteiger partial charge in [0.2, 0.25) is 0 Å². The Labute approximate surface area is 101 Å². The Hall–Kier alpha value is -0.590. The molecule has 0 bridgehead atoms. The van der Waals surface area contributed by atoms with Gasteiger partial charge in [-0.3, -0.25) is 0 Å². The van der Waals surface area contributed by atoms with Crippen LogP contribution in [0.4, 0.5) is 0 Å². The fraction of sp³-hybridized carbons (Fsp3) is 0.923. The summed E-state index contributed by atoms with van der Waals surface area (Å²) >= 11 is 0. The van der Waals surface area contributed by atoms with Crippen molar-refractivity contribution in [2.24, 2.45) is 5.73 Å². The van der Waals surface area contributed by atoms with Crippen LogP contribution in [0, 0.1) is 11.3 Å². The molecule has 0 fully saturated rings. The number of unbranched alkanes of at least 4 members (excludes halogenated alkanes) is 2. The normalized spacial score (nSPS) is 14.8. The smallest absolute Gasteiger partial charge is 0.101 e. The van der Waals surface area contributed by atoms with E-state index in [1.54, 1.807) is 0 Å². The second-order valence-electron chi connectivity index (χ2n) is 4.77. The lowest BCUT2D eigenvalue weighted by Gasteiger charge is -2.21. The lowest BCUT2D eigenvalue weighted by Crippen LogP contribution is -2.34. The van der Waals surface area contributed by atoms with E-state index < -0.39 is 5.54 Å². The third-order valence-corrected chi connectivity index (χ3v) is 2.95. The van der Waals surface area contributed by atoms with E-state index in [1.165, 1.54) is 19.4 Å². The number of nitrogens with zero attached hydrogens (tertiary/aromatic N) is 2. The van der Waals surface area contributed by atoms with Crippen molar-refractivity contribution in [3.63, 3.8) is 0 Å². The summed E-state index contributed by atoms with van der Waals surface area (Å²) in [6.45, 7) is 9.70. The topological polar surface area (TPSA) is 53.0 Å². The lowest BCUT2D eigenvalue weighted by atomic mass is 9.98. The van der Waals surface area contributed by atoms with Gasteiger partial charge < -0.3 is 10.6 Å². The molecule has 0 spiro atoms. The first-order valence-corrected chi connectivity index (χ1v) is 6.48. The van der Waals surface area contributed by atoms with Gasteiger partial charge in [-0.05, 0) is 52.2 Å². The third-order valence-electron chi connectivity index (χ3n) is 2.95. The predicted octanol–water partition coefficient (Wildman–Crippen LogP) is 2.52. The molecule has 94 valence electrons. The van der Waals surface area contributed by atoms with Crippen molar-refractivity contribution in [2.75, 3.05) is 19.6 Å². The molecular formula is C13H27N3. The molecule has 0 saturated carbocycles. The van der Waals surface area contributed by atoms with Crippen molar-refractivity contribution in [1.82, 2.24) is 4.90 Å². The van der Waals surface area contributed by atoms with E-state index in [9.17, 15) is 0 Å². The van der Waals surface area contributed by atoms with Gasteiger partial charge in [0, 0.05) is 0 Å². The van der Waals surface area contributed by atoms with Crippen LogP contribution >= 0.6 is 0 Å². The molecule has 3 heteroatoms. The van der Waals surface area contributed by atoms with Crippen LogP contribution in [-0.4, -0.2) is 30.1 Å². The standard InChI is InChI=1S/C13H27N3/c1-4-6-10-16(5-2)11-8-7-9-13(3,15)12-14/h4-11,15H2,1-3H3. The Morgan fingerprint density at radius 1 is 1.19 bits per heavy atom. The second-order valence-corrected chi connectivity index (χ2v) is 4.77. The highest BCUT2D eigenvalue weighted by molar-refractivity contribution is 5.00. The summed E-state index contributed by atoms with van der Waals surface area (Å²) in [4.78, 5) is 2.48. The summed E-state index contributed by atoms with van der Waals surface area (Å²) < 4.78 is 0. The van der Waals surface area contributed by atoms with Crippen LogP contribution in [0.5, 0.6) is 0 Å². The van der Waals surface area contributed by atoms with Gasteiger partial charge >= 0.3 is 0 Å². The number of nitriles is 1. The van der Waals surface area contributed by atoms with Gasteiger partial charge in [-0.2, -0.15) is 5.26 Å². The van der Waals surface area contributed by atoms with Gasteiger partial charge in [-0.1, -0.05) is 20.3 Å². The largest absolute Gasteiger partial charge is 0.314 e. The van der Waals surface area contributed by atoms with Gasteiger partial charge in [0.05, 0.1) is 6.07 Å². The minimum atomic E-state index is -0.638. The fourth-order valence-corrected chi connectivity index (χ4v) is 1.69. The Morgan fingerprint density at radius 3 is 2.31 bits per heavy atom. The van der Waals surface area contributed by atoms with Gasteiger partial charge in [0.1, 0.15) is 5.54 Å². The Kier molecular flexibility index (Phi) is 8.23. The number of rotatable bonds is 9. The van der Waals surface area contributed by atoms with Crippen LogP contribution < -0.4 is 5.73 Å². The van der Waals surface area contributed by atoms with Crippen LogP contribution in [0.15, 0.2) is 0 Å². The average Bonchev–Trinajstić information content (AvgIpc) is 2.28. The maximum absolute atomic E-state index is 8.78. The van der Waals surface area contributed by atoms with Crippen LogP contribution in [0.3, 0.4) is 0 Å². The summed E-state index contributed by atoms with van der Waals surface area (Å²) in [6, 6.07) is 2.14. The SMILES string of the molecule is CCCCN(CC)CCCCC(C)(N)C#N. The molecule has 0 heterocycles. The zero-order valence-corrected chi connectivity index (χ0v) is 11.1. The minimum absolute atomic E-state index is 0.638. The molecule has 0 radical (unpaired) electrons. The zero-order chi connectivity index (χ0) is 12.4. The van der Waals surface area contributed by atoms with Crippen LogP contribution in [-0.2, 0) is 0 Å². The first kappa shape index (κ1) is 15.4. The molecular weight excluding hydrogens is 198 g/mol. The maximum Gasteiger partial charge on any atom is 0.101 e. The van der Waals surface area contributed by atoms with Gasteiger partial charge in [0.15, 0.2) is 0 Å². The van der Waals surface area contributed by atoms with E-state index in [-0.39, 0.29) is 0 Å². The Balaban J connectivity index is 3.60. The molecule has 0 amide bonds. The molecule has 0 aliphatic rings. The first-order valence-electron chi connectivity index (χ1n) is 6.48. The van der Waals surface area contributed by atoms with Crippen molar-refractivity contribution in [2.45, 2.75) is 58.4 Å². The minimum Gasteiger partial charge on any atom is -0.314 e. The van der Waals surface area contributed by atoms with Gasteiger partial charge in [-0.15, -0.1) is 0 Å². The zero-order valence-electron chi connectivity index (χ0n) is 11.1. The van der Waals surface area contributed by atoms with Crippen LogP contribution in [0.2, 0.25) is 0 Å². The molecule has 1 atom stereocenters. The molecule has 2 N–H and O–H groups in total. The highest BCUT2D eigenvalue weighted by Gasteiger charge is 2.16. The molecule has 1 unspecified atom stereocenters. The van der Waals surface area contributed by atoms with E-state index in [2.05, 4.69) is 24.8 Å². The van der Waals surface area contributed by atoms with Crippen molar-refractivity contribution < 1.29 is 0 Å². The van der Waals surface area contributed by atoms with Gasteiger partial charge in [-0.25, -0.2) is 0 Å². The lowest BCUT2D eigenvalue weighted by molar-refractivity contribution is 0.274. The molecule has 0 aromatic rings. The number of hydrogen-bond donors (Lipinski definition) is 1. The quantitative estimate of drug-likeness (QED) is 0.613. The number of hydrogen-bond acceptors (Lipinski definition) is 3. The number of nitrogens with two attached hydrogens (primary N) is 1. The fourth-order valence-electron chi connectivity index (χ4n) is 1.69. The van der Waals surface area contributed by atoms with E-state index in [4.69, 9.17) is 11.0 Å². The highest BCUT2D eigenvalue weighted by Crippen LogP contribution is 2.10. The molecule has 16 heavy (non-hydrogen) atoms. The Bertz CT molecular complexity index is 206. The monoisotopic (exact) mass is 225 g/mol. The molecule has 0 saturated heterocycles. The predicted molar refractivity (Wildman–Crippen MR) is 69.1 cm³/mol. The van der Waals surface area contributed by atoms with Gasteiger partial charge in [0.25, 0.3) is 0 Å². The molecule has 0 aliphatic carbocycles. The van der Waals surface area contributed by atoms with E-state index in [0.29, 0.717) is 0 Å². The molecule has 0 aliphatic heterocycles. The van der Waals surface area contributed by atoms with Crippen molar-refractivity contribution >= 4 is 0 Å².